The maximum absolute atomic E-state index is 6.18. The van der Waals surface area contributed by atoms with E-state index in [1.54, 1.807) is 0 Å². The Kier molecular flexibility index (Phi) is 4.75. The van der Waals surface area contributed by atoms with Gasteiger partial charge in [0.25, 0.3) is 0 Å². The molecule has 1 aliphatic rings. The number of ether oxygens (including phenoxy) is 2. The van der Waals surface area contributed by atoms with Crippen molar-refractivity contribution >= 4 is 23.2 Å². The van der Waals surface area contributed by atoms with E-state index < -0.39 is 0 Å². The molecule has 0 radical (unpaired) electrons. The van der Waals surface area contributed by atoms with Crippen LogP contribution in [-0.2, 0) is 13.1 Å². The fraction of sp³-hybridized carbons (Fsp3) is 0.158. The van der Waals surface area contributed by atoms with Gasteiger partial charge < -0.3 is 20.1 Å². The van der Waals surface area contributed by atoms with Crippen LogP contribution in [0.3, 0.4) is 0 Å². The van der Waals surface area contributed by atoms with Gasteiger partial charge in [0.15, 0.2) is 11.5 Å². The zero-order valence-electron chi connectivity index (χ0n) is 13.9. The second-order valence-corrected chi connectivity index (χ2v) is 6.18. The number of hydrogen-bond acceptors (Lipinski definition) is 6. The first kappa shape index (κ1) is 16.5. The molecular formula is C19H17ClN4O2. The average Bonchev–Trinajstić information content (AvgIpc) is 3.14. The van der Waals surface area contributed by atoms with Gasteiger partial charge in [-0.2, -0.15) is 0 Å². The van der Waals surface area contributed by atoms with Gasteiger partial charge in [-0.1, -0.05) is 35.9 Å². The Hall–Kier alpha value is -2.99. The summed E-state index contributed by atoms with van der Waals surface area (Å²) in [5.41, 5.74) is 2.10. The minimum absolute atomic E-state index is 0.276. The predicted molar refractivity (Wildman–Crippen MR) is 101 cm³/mol. The summed E-state index contributed by atoms with van der Waals surface area (Å²) in [6, 6.07) is 15.5. The van der Waals surface area contributed by atoms with E-state index in [1.807, 2.05) is 48.5 Å². The normalized spacial score (nSPS) is 12.0. The number of anilines is 2. The molecule has 0 atom stereocenters. The van der Waals surface area contributed by atoms with Gasteiger partial charge in [0.2, 0.25) is 6.79 Å². The van der Waals surface area contributed by atoms with Crippen LogP contribution in [0.25, 0.3) is 0 Å². The summed E-state index contributed by atoms with van der Waals surface area (Å²) in [5.74, 6) is 3.02. The van der Waals surface area contributed by atoms with Crippen LogP contribution in [0.4, 0.5) is 11.6 Å². The summed E-state index contributed by atoms with van der Waals surface area (Å²) in [6.07, 6.45) is 1.52. The highest BCUT2D eigenvalue weighted by atomic mass is 35.5. The summed E-state index contributed by atoms with van der Waals surface area (Å²) in [6.45, 7) is 1.49. The van der Waals surface area contributed by atoms with E-state index in [4.69, 9.17) is 21.1 Å². The number of hydrogen-bond donors (Lipinski definition) is 2. The zero-order chi connectivity index (χ0) is 17.8. The summed E-state index contributed by atoms with van der Waals surface area (Å²) in [5, 5.41) is 7.28. The van der Waals surface area contributed by atoms with Crippen LogP contribution < -0.4 is 20.1 Å². The maximum atomic E-state index is 6.18. The highest BCUT2D eigenvalue weighted by Gasteiger charge is 2.13. The van der Waals surface area contributed by atoms with Crippen molar-refractivity contribution in [3.63, 3.8) is 0 Å². The molecule has 0 amide bonds. The first-order valence-corrected chi connectivity index (χ1v) is 8.57. The molecule has 1 aromatic heterocycles. The van der Waals surface area contributed by atoms with Gasteiger partial charge in [-0.3, -0.25) is 0 Å². The Morgan fingerprint density at radius 1 is 0.885 bits per heavy atom. The molecule has 6 nitrogen and oxygen atoms in total. The SMILES string of the molecule is Clc1ccccc1CNc1cc(NCc2ccc3c(c2)OCO3)ncn1. The molecule has 2 heterocycles. The molecular weight excluding hydrogens is 352 g/mol. The van der Waals surface area contributed by atoms with Crippen LogP contribution in [0.15, 0.2) is 54.9 Å². The quantitative estimate of drug-likeness (QED) is 0.683. The number of fused-ring (bicyclic) bond motifs is 1. The minimum atomic E-state index is 0.276. The fourth-order valence-corrected chi connectivity index (χ4v) is 2.82. The second-order valence-electron chi connectivity index (χ2n) is 5.77. The predicted octanol–water partition coefficient (Wildman–Crippen LogP) is 4.08. The van der Waals surface area contributed by atoms with Gasteiger partial charge in [0, 0.05) is 24.2 Å². The summed E-state index contributed by atoms with van der Waals surface area (Å²) >= 11 is 6.18. The van der Waals surface area contributed by atoms with Crippen LogP contribution in [0.2, 0.25) is 5.02 Å². The minimum Gasteiger partial charge on any atom is -0.454 e. The lowest BCUT2D eigenvalue weighted by Crippen LogP contribution is -2.05. The zero-order valence-corrected chi connectivity index (χ0v) is 14.7. The Morgan fingerprint density at radius 2 is 1.65 bits per heavy atom. The topological polar surface area (TPSA) is 68.3 Å². The van der Waals surface area contributed by atoms with Crippen LogP contribution in [0.5, 0.6) is 11.5 Å². The van der Waals surface area contributed by atoms with Crippen LogP contribution in [-0.4, -0.2) is 16.8 Å². The van der Waals surface area contributed by atoms with Crippen LogP contribution in [0, 0.1) is 0 Å². The number of benzene rings is 2. The molecule has 1 aliphatic heterocycles. The highest BCUT2D eigenvalue weighted by molar-refractivity contribution is 6.31. The van der Waals surface area contributed by atoms with Crippen LogP contribution >= 0.6 is 11.6 Å². The van der Waals surface area contributed by atoms with E-state index >= 15 is 0 Å². The molecule has 2 aromatic carbocycles. The van der Waals surface area contributed by atoms with Gasteiger partial charge in [0.1, 0.15) is 18.0 Å². The van der Waals surface area contributed by atoms with Crippen molar-refractivity contribution < 1.29 is 9.47 Å². The molecule has 7 heteroatoms. The van der Waals surface area contributed by atoms with Gasteiger partial charge in [0.05, 0.1) is 0 Å². The molecule has 0 saturated carbocycles. The lowest BCUT2D eigenvalue weighted by Gasteiger charge is -2.10. The third-order valence-corrected chi connectivity index (χ3v) is 4.36. The molecule has 0 unspecified atom stereocenters. The van der Waals surface area contributed by atoms with Gasteiger partial charge in [-0.25, -0.2) is 9.97 Å². The molecule has 4 rings (SSSR count). The Balaban J connectivity index is 1.37. The average molecular weight is 369 g/mol. The molecule has 26 heavy (non-hydrogen) atoms. The van der Waals surface area contributed by atoms with E-state index in [-0.39, 0.29) is 6.79 Å². The molecule has 0 aliphatic carbocycles. The van der Waals surface area contributed by atoms with Gasteiger partial charge >= 0.3 is 0 Å². The smallest absolute Gasteiger partial charge is 0.231 e. The molecule has 2 N–H and O–H groups in total. The molecule has 3 aromatic rings. The van der Waals surface area contributed by atoms with E-state index in [1.165, 1.54) is 6.33 Å². The molecule has 0 bridgehead atoms. The Labute approximate surface area is 156 Å². The molecule has 0 fully saturated rings. The van der Waals surface area contributed by atoms with Crippen molar-refractivity contribution in [2.45, 2.75) is 13.1 Å². The number of aromatic nitrogens is 2. The summed E-state index contributed by atoms with van der Waals surface area (Å²) in [7, 11) is 0. The fourth-order valence-electron chi connectivity index (χ4n) is 2.62. The number of halogens is 1. The lowest BCUT2D eigenvalue weighted by molar-refractivity contribution is 0.174. The Morgan fingerprint density at radius 3 is 2.50 bits per heavy atom. The largest absolute Gasteiger partial charge is 0.454 e. The van der Waals surface area contributed by atoms with Crippen molar-refractivity contribution in [3.8, 4) is 11.5 Å². The molecule has 0 saturated heterocycles. The van der Waals surface area contributed by atoms with E-state index in [2.05, 4.69) is 20.6 Å². The first-order valence-electron chi connectivity index (χ1n) is 8.20. The van der Waals surface area contributed by atoms with Crippen molar-refractivity contribution in [2.24, 2.45) is 0 Å². The third kappa shape index (κ3) is 3.81. The molecule has 0 spiro atoms. The maximum Gasteiger partial charge on any atom is 0.231 e. The van der Waals surface area contributed by atoms with E-state index in [0.29, 0.717) is 13.1 Å². The first-order chi connectivity index (χ1) is 12.8. The number of nitrogens with zero attached hydrogens (tertiary/aromatic N) is 2. The third-order valence-electron chi connectivity index (χ3n) is 4.00. The monoisotopic (exact) mass is 368 g/mol. The molecule has 132 valence electrons. The summed E-state index contributed by atoms with van der Waals surface area (Å²) < 4.78 is 10.7. The Bertz CT molecular complexity index is 920. The second kappa shape index (κ2) is 7.49. The van der Waals surface area contributed by atoms with E-state index in [9.17, 15) is 0 Å². The highest BCUT2D eigenvalue weighted by Crippen LogP contribution is 2.32. The van der Waals surface area contributed by atoms with E-state index in [0.717, 1.165) is 39.3 Å². The standard InChI is InChI=1S/C19H17ClN4O2/c20-15-4-2-1-3-14(15)10-22-19-8-18(23-11-24-19)21-9-13-5-6-16-17(7-13)26-12-25-16/h1-8,11H,9-10,12H2,(H2,21,22,23,24). The van der Waals surface area contributed by atoms with Crippen molar-refractivity contribution in [3.05, 3.63) is 71.0 Å². The van der Waals surface area contributed by atoms with Crippen molar-refractivity contribution in [1.29, 1.82) is 0 Å². The van der Waals surface area contributed by atoms with Crippen LogP contribution in [0.1, 0.15) is 11.1 Å². The van der Waals surface area contributed by atoms with Crippen molar-refractivity contribution in [2.75, 3.05) is 17.4 Å². The number of rotatable bonds is 6. The number of nitrogens with one attached hydrogen (secondary N) is 2. The van der Waals surface area contributed by atoms with Gasteiger partial charge in [-0.15, -0.1) is 0 Å². The van der Waals surface area contributed by atoms with Crippen molar-refractivity contribution in [1.82, 2.24) is 9.97 Å². The van der Waals surface area contributed by atoms with Gasteiger partial charge in [-0.05, 0) is 29.3 Å². The lowest BCUT2D eigenvalue weighted by atomic mass is 10.2. The summed E-state index contributed by atoms with van der Waals surface area (Å²) in [4.78, 5) is 8.50.